The van der Waals surface area contributed by atoms with Gasteiger partial charge in [0, 0.05) is 6.54 Å². The first-order chi connectivity index (χ1) is 13.0. The molecule has 1 amide bonds. The molecule has 0 spiro atoms. The molecule has 2 aromatic carbocycles. The van der Waals surface area contributed by atoms with Crippen LogP contribution in [0.25, 0.3) is 0 Å². The van der Waals surface area contributed by atoms with Crippen molar-refractivity contribution in [3.63, 3.8) is 0 Å². The van der Waals surface area contributed by atoms with Crippen LogP contribution in [0.4, 0.5) is 0 Å². The number of esters is 1. The van der Waals surface area contributed by atoms with Crippen molar-refractivity contribution in [2.24, 2.45) is 0 Å². The molecule has 2 rings (SSSR count). The monoisotopic (exact) mass is 369 g/mol. The molecule has 1 N–H and O–H groups in total. The second-order valence-electron chi connectivity index (χ2n) is 5.72. The number of nitrogens with one attached hydrogen (secondary N) is 1. The second kappa shape index (κ2) is 10.0. The number of carbonyl (C=O) groups excluding carboxylic acids is 2. The molecule has 0 heterocycles. The summed E-state index contributed by atoms with van der Waals surface area (Å²) in [6.07, 6.45) is 0.682. The van der Waals surface area contributed by atoms with Crippen LogP contribution in [0.1, 0.15) is 22.8 Å². The van der Waals surface area contributed by atoms with E-state index in [1.165, 1.54) is 20.1 Å². The molecule has 0 fully saturated rings. The third kappa shape index (κ3) is 5.88. The van der Waals surface area contributed by atoms with E-state index in [1.807, 2.05) is 30.3 Å². The zero-order valence-electron chi connectivity index (χ0n) is 15.4. The summed E-state index contributed by atoms with van der Waals surface area (Å²) in [6, 6.07) is 14.2. The van der Waals surface area contributed by atoms with E-state index in [1.54, 1.807) is 18.2 Å². The summed E-state index contributed by atoms with van der Waals surface area (Å²) in [5.74, 6) is -0.105. The van der Waals surface area contributed by atoms with E-state index in [0.29, 0.717) is 24.7 Å². The summed E-state index contributed by atoms with van der Waals surface area (Å²) in [7, 11) is 1.48. The van der Waals surface area contributed by atoms with E-state index in [2.05, 4.69) is 11.9 Å². The quantitative estimate of drug-likeness (QED) is 0.543. The lowest BCUT2D eigenvalue weighted by Crippen LogP contribution is -2.35. The van der Waals surface area contributed by atoms with Crippen LogP contribution >= 0.6 is 0 Å². The number of benzene rings is 2. The van der Waals surface area contributed by atoms with Gasteiger partial charge in [-0.2, -0.15) is 0 Å². The largest absolute Gasteiger partial charge is 0.493 e. The van der Waals surface area contributed by atoms with Gasteiger partial charge in [-0.1, -0.05) is 43.0 Å². The van der Waals surface area contributed by atoms with Gasteiger partial charge in [0.25, 0.3) is 5.91 Å². The molecule has 0 bridgehead atoms. The summed E-state index contributed by atoms with van der Waals surface area (Å²) >= 11 is 0. The summed E-state index contributed by atoms with van der Waals surface area (Å²) < 4.78 is 15.9. The van der Waals surface area contributed by atoms with Crippen LogP contribution in [0.15, 0.2) is 61.2 Å². The highest BCUT2D eigenvalue weighted by Crippen LogP contribution is 2.28. The normalized spacial score (nSPS) is 11.2. The molecular weight excluding hydrogens is 346 g/mol. The van der Waals surface area contributed by atoms with E-state index < -0.39 is 12.1 Å². The molecule has 2 aromatic rings. The van der Waals surface area contributed by atoms with Crippen molar-refractivity contribution in [3.8, 4) is 11.5 Å². The summed E-state index contributed by atoms with van der Waals surface area (Å²) in [6.45, 7) is 5.79. The molecule has 142 valence electrons. The van der Waals surface area contributed by atoms with E-state index in [0.717, 1.165) is 5.56 Å². The first-order valence-electron chi connectivity index (χ1n) is 8.49. The van der Waals surface area contributed by atoms with Crippen LogP contribution in [0.3, 0.4) is 0 Å². The third-order valence-electron chi connectivity index (χ3n) is 3.72. The third-order valence-corrected chi connectivity index (χ3v) is 3.72. The van der Waals surface area contributed by atoms with E-state index in [4.69, 9.17) is 14.2 Å². The molecule has 0 aromatic heterocycles. The molecule has 0 aliphatic rings. The average molecular weight is 369 g/mol. The van der Waals surface area contributed by atoms with Crippen molar-refractivity contribution in [1.29, 1.82) is 0 Å². The van der Waals surface area contributed by atoms with Gasteiger partial charge < -0.3 is 19.5 Å². The Labute approximate surface area is 158 Å². The molecule has 0 saturated carbocycles. The van der Waals surface area contributed by atoms with Gasteiger partial charge in [-0.25, -0.2) is 4.79 Å². The fourth-order valence-corrected chi connectivity index (χ4v) is 2.27. The van der Waals surface area contributed by atoms with Crippen LogP contribution in [0, 0.1) is 0 Å². The Hall–Kier alpha value is -3.28. The Morgan fingerprint density at radius 2 is 1.89 bits per heavy atom. The van der Waals surface area contributed by atoms with Crippen LogP contribution in [-0.2, 0) is 16.1 Å². The lowest BCUT2D eigenvalue weighted by Gasteiger charge is -2.15. The lowest BCUT2D eigenvalue weighted by atomic mass is 10.2. The zero-order valence-corrected chi connectivity index (χ0v) is 15.4. The predicted molar refractivity (Wildman–Crippen MR) is 102 cm³/mol. The Bertz CT molecular complexity index is 788. The number of hydrogen-bond acceptors (Lipinski definition) is 5. The molecular formula is C21H23NO5. The van der Waals surface area contributed by atoms with Gasteiger partial charge in [0.2, 0.25) is 0 Å². The summed E-state index contributed by atoms with van der Waals surface area (Å²) in [5, 5.41) is 2.74. The number of ether oxygens (including phenoxy) is 3. The Balaban J connectivity index is 1.94. The van der Waals surface area contributed by atoms with Gasteiger partial charge in [-0.15, -0.1) is 0 Å². The highest BCUT2D eigenvalue weighted by atomic mass is 16.5. The van der Waals surface area contributed by atoms with E-state index >= 15 is 0 Å². The van der Waals surface area contributed by atoms with Crippen molar-refractivity contribution in [2.45, 2.75) is 19.6 Å². The molecule has 0 radical (unpaired) electrons. The van der Waals surface area contributed by atoms with Crippen molar-refractivity contribution in [3.05, 3.63) is 72.3 Å². The van der Waals surface area contributed by atoms with Crippen LogP contribution in [-0.4, -0.2) is 31.7 Å². The van der Waals surface area contributed by atoms with Crippen molar-refractivity contribution < 1.29 is 23.8 Å². The van der Waals surface area contributed by atoms with Crippen molar-refractivity contribution in [2.75, 3.05) is 13.7 Å². The first kappa shape index (κ1) is 20.0. The molecule has 0 aliphatic carbocycles. The van der Waals surface area contributed by atoms with Gasteiger partial charge in [0.05, 0.1) is 12.7 Å². The van der Waals surface area contributed by atoms with Crippen LogP contribution < -0.4 is 14.8 Å². The van der Waals surface area contributed by atoms with E-state index in [-0.39, 0.29) is 11.5 Å². The van der Waals surface area contributed by atoms with Crippen LogP contribution in [0.2, 0.25) is 0 Å². The fraction of sp³-hybridized carbons (Fsp3) is 0.238. The maximum atomic E-state index is 12.3. The SMILES string of the molecule is C=CCOc1ccc(C(=O)OC(C)C(=O)NCc2ccccc2)cc1OC. The molecule has 1 unspecified atom stereocenters. The van der Waals surface area contributed by atoms with Gasteiger partial charge in [-0.3, -0.25) is 4.79 Å². The minimum absolute atomic E-state index is 0.264. The number of methoxy groups -OCH3 is 1. The predicted octanol–water partition coefficient (Wildman–Crippen LogP) is 3.12. The summed E-state index contributed by atoms with van der Waals surface area (Å²) in [4.78, 5) is 24.4. The topological polar surface area (TPSA) is 73.9 Å². The number of carbonyl (C=O) groups is 2. The molecule has 0 aliphatic heterocycles. The highest BCUT2D eigenvalue weighted by Gasteiger charge is 2.20. The number of hydrogen-bond donors (Lipinski definition) is 1. The standard InChI is InChI=1S/C21H23NO5/c1-4-12-26-18-11-10-17(13-19(18)25-3)21(24)27-15(2)20(23)22-14-16-8-6-5-7-9-16/h4-11,13,15H,1,12,14H2,2-3H3,(H,22,23). The van der Waals surface area contributed by atoms with Gasteiger partial charge in [0.1, 0.15) is 6.61 Å². The minimum Gasteiger partial charge on any atom is -0.493 e. The maximum Gasteiger partial charge on any atom is 0.339 e. The fourth-order valence-electron chi connectivity index (χ4n) is 2.27. The minimum atomic E-state index is -0.927. The zero-order chi connectivity index (χ0) is 19.6. The number of rotatable bonds is 9. The van der Waals surface area contributed by atoms with Gasteiger partial charge >= 0.3 is 5.97 Å². The highest BCUT2D eigenvalue weighted by molar-refractivity contribution is 5.92. The van der Waals surface area contributed by atoms with Crippen molar-refractivity contribution in [1.82, 2.24) is 5.32 Å². The first-order valence-corrected chi connectivity index (χ1v) is 8.49. The van der Waals surface area contributed by atoms with Crippen LogP contribution in [0.5, 0.6) is 11.5 Å². The Kier molecular flexibility index (Phi) is 7.43. The summed E-state index contributed by atoms with van der Waals surface area (Å²) in [5.41, 5.74) is 1.23. The lowest BCUT2D eigenvalue weighted by molar-refractivity contribution is -0.129. The average Bonchev–Trinajstić information content (AvgIpc) is 2.70. The smallest absolute Gasteiger partial charge is 0.339 e. The Morgan fingerprint density at radius 3 is 2.56 bits per heavy atom. The second-order valence-corrected chi connectivity index (χ2v) is 5.72. The molecule has 1 atom stereocenters. The molecule has 0 saturated heterocycles. The van der Waals surface area contributed by atoms with Gasteiger partial charge in [-0.05, 0) is 30.7 Å². The molecule has 6 heteroatoms. The number of amides is 1. The Morgan fingerprint density at radius 1 is 1.15 bits per heavy atom. The molecule has 6 nitrogen and oxygen atoms in total. The van der Waals surface area contributed by atoms with E-state index in [9.17, 15) is 9.59 Å². The maximum absolute atomic E-state index is 12.3. The van der Waals surface area contributed by atoms with Gasteiger partial charge in [0.15, 0.2) is 17.6 Å². The van der Waals surface area contributed by atoms with Crippen molar-refractivity contribution >= 4 is 11.9 Å². The molecule has 27 heavy (non-hydrogen) atoms.